The van der Waals surface area contributed by atoms with E-state index in [2.05, 4.69) is 14.9 Å². The van der Waals surface area contributed by atoms with Crippen LogP contribution in [0.15, 0.2) is 36.7 Å². The van der Waals surface area contributed by atoms with Gasteiger partial charge in [-0.15, -0.1) is 0 Å². The van der Waals surface area contributed by atoms with Crippen LogP contribution in [0.25, 0.3) is 11.3 Å². The van der Waals surface area contributed by atoms with Crippen molar-refractivity contribution in [3.8, 4) is 11.3 Å². The number of hydrogen-bond acceptors (Lipinski definition) is 5. The Morgan fingerprint density at radius 1 is 1.32 bits per heavy atom. The van der Waals surface area contributed by atoms with Crippen LogP contribution < -0.4 is 0 Å². The quantitative estimate of drug-likeness (QED) is 0.833. The molecule has 3 rings (SSSR count). The van der Waals surface area contributed by atoms with E-state index < -0.39 is 5.97 Å². The van der Waals surface area contributed by atoms with Crippen molar-refractivity contribution in [1.29, 1.82) is 0 Å². The highest BCUT2D eigenvalue weighted by Gasteiger charge is 2.22. The van der Waals surface area contributed by atoms with Gasteiger partial charge in [0, 0.05) is 32.0 Å². The third-order valence-corrected chi connectivity index (χ3v) is 4.62. The number of hydrogen-bond donors (Lipinski definition) is 1. The minimum atomic E-state index is -0.955. The lowest BCUT2D eigenvalue weighted by atomic mass is 10.0. The lowest BCUT2D eigenvalue weighted by Crippen LogP contribution is -2.25. The highest BCUT2D eigenvalue weighted by Crippen LogP contribution is 2.23. The van der Waals surface area contributed by atoms with Gasteiger partial charge in [0.05, 0.1) is 29.8 Å². The molecule has 0 unspecified atom stereocenters. The van der Waals surface area contributed by atoms with Crippen LogP contribution >= 0.6 is 0 Å². The summed E-state index contributed by atoms with van der Waals surface area (Å²) < 4.78 is 5.13. The Hall–Kier alpha value is -2.31. The number of carboxylic acids is 1. The molecular weight excluding hydrogens is 318 g/mol. The first-order valence-electron chi connectivity index (χ1n) is 8.52. The van der Waals surface area contributed by atoms with E-state index in [1.165, 1.54) is 0 Å². The van der Waals surface area contributed by atoms with Gasteiger partial charge in [0.1, 0.15) is 0 Å². The van der Waals surface area contributed by atoms with Crippen LogP contribution in [0.5, 0.6) is 0 Å². The molecule has 2 heterocycles. The van der Waals surface area contributed by atoms with Gasteiger partial charge in [0.25, 0.3) is 0 Å². The predicted octanol–water partition coefficient (Wildman–Crippen LogP) is 2.35. The van der Waals surface area contributed by atoms with Gasteiger partial charge in [0.2, 0.25) is 0 Å². The van der Waals surface area contributed by atoms with E-state index in [1.807, 2.05) is 6.07 Å². The van der Waals surface area contributed by atoms with Gasteiger partial charge in [-0.3, -0.25) is 9.97 Å². The number of carbonyl (C=O) groups is 1. The Balaban J connectivity index is 1.65. The third kappa shape index (κ3) is 4.41. The number of aromatic nitrogens is 2. The van der Waals surface area contributed by atoms with Gasteiger partial charge < -0.3 is 14.7 Å². The molecule has 1 aliphatic heterocycles. The van der Waals surface area contributed by atoms with E-state index in [1.54, 1.807) is 37.7 Å². The van der Waals surface area contributed by atoms with Gasteiger partial charge >= 0.3 is 5.97 Å². The van der Waals surface area contributed by atoms with Gasteiger partial charge in [-0.2, -0.15) is 0 Å². The normalized spacial score (nSPS) is 17.7. The van der Waals surface area contributed by atoms with Crippen molar-refractivity contribution >= 4 is 5.97 Å². The van der Waals surface area contributed by atoms with E-state index >= 15 is 0 Å². The highest BCUT2D eigenvalue weighted by molar-refractivity contribution is 5.95. The summed E-state index contributed by atoms with van der Waals surface area (Å²) in [7, 11) is 1.73. The van der Waals surface area contributed by atoms with Crippen LogP contribution in [0.3, 0.4) is 0 Å². The number of benzene rings is 1. The van der Waals surface area contributed by atoms with E-state index in [9.17, 15) is 9.90 Å². The molecule has 6 nitrogen and oxygen atoms in total. The van der Waals surface area contributed by atoms with Crippen LogP contribution in [0.2, 0.25) is 0 Å². The number of carboxylic acid groups (broad SMARTS) is 1. The maximum Gasteiger partial charge on any atom is 0.336 e. The molecule has 1 aliphatic rings. The molecule has 6 heteroatoms. The number of rotatable bonds is 7. The van der Waals surface area contributed by atoms with Gasteiger partial charge in [-0.1, -0.05) is 18.2 Å². The summed E-state index contributed by atoms with van der Waals surface area (Å²) in [6, 6.07) is 6.87. The zero-order valence-electron chi connectivity index (χ0n) is 14.4. The molecule has 2 aromatic rings. The first kappa shape index (κ1) is 17.5. The zero-order valence-corrected chi connectivity index (χ0v) is 14.4. The minimum Gasteiger partial charge on any atom is -0.478 e. The zero-order chi connectivity index (χ0) is 17.6. The number of aromatic carboxylic acids is 1. The van der Waals surface area contributed by atoms with Crippen molar-refractivity contribution in [3.05, 3.63) is 47.9 Å². The second kappa shape index (κ2) is 8.18. The Labute approximate surface area is 147 Å². The molecule has 1 saturated heterocycles. The largest absolute Gasteiger partial charge is 0.478 e. The summed E-state index contributed by atoms with van der Waals surface area (Å²) in [4.78, 5) is 22.7. The van der Waals surface area contributed by atoms with Crippen LogP contribution in [0, 0.1) is 5.92 Å². The molecule has 0 bridgehead atoms. The maximum absolute atomic E-state index is 11.3. The van der Waals surface area contributed by atoms with Crippen LogP contribution in [0.1, 0.15) is 22.5 Å². The van der Waals surface area contributed by atoms with E-state index in [0.717, 1.165) is 44.8 Å². The minimum absolute atomic E-state index is 0.245. The Morgan fingerprint density at radius 3 is 2.88 bits per heavy atom. The van der Waals surface area contributed by atoms with Crippen LogP contribution in [-0.4, -0.2) is 59.3 Å². The molecule has 1 atom stereocenters. The van der Waals surface area contributed by atoms with E-state index in [4.69, 9.17) is 4.74 Å². The predicted molar refractivity (Wildman–Crippen MR) is 94.6 cm³/mol. The maximum atomic E-state index is 11.3. The van der Waals surface area contributed by atoms with E-state index in [0.29, 0.717) is 17.2 Å². The molecular formula is C19H23N3O3. The first-order chi connectivity index (χ1) is 12.2. The van der Waals surface area contributed by atoms with E-state index in [-0.39, 0.29) is 5.56 Å². The Kier molecular flexibility index (Phi) is 5.73. The van der Waals surface area contributed by atoms with Crippen LogP contribution in [0.4, 0.5) is 0 Å². The van der Waals surface area contributed by atoms with Crippen molar-refractivity contribution in [2.45, 2.75) is 12.8 Å². The summed E-state index contributed by atoms with van der Waals surface area (Å²) in [6.07, 6.45) is 5.51. The smallest absolute Gasteiger partial charge is 0.336 e. The van der Waals surface area contributed by atoms with Crippen molar-refractivity contribution in [3.63, 3.8) is 0 Å². The number of likely N-dealkylation sites (tertiary alicyclic amines) is 1. The highest BCUT2D eigenvalue weighted by atomic mass is 16.5. The second-order valence-electron chi connectivity index (χ2n) is 6.40. The number of ether oxygens (including phenoxy) is 1. The van der Waals surface area contributed by atoms with Crippen LogP contribution in [-0.2, 0) is 11.2 Å². The average Bonchev–Trinajstić information content (AvgIpc) is 3.08. The van der Waals surface area contributed by atoms with Crippen molar-refractivity contribution < 1.29 is 14.6 Å². The molecule has 0 spiro atoms. The number of nitrogens with zero attached hydrogens (tertiary/aromatic N) is 3. The molecule has 1 aromatic carbocycles. The molecule has 0 amide bonds. The van der Waals surface area contributed by atoms with Gasteiger partial charge in [0.15, 0.2) is 0 Å². The van der Waals surface area contributed by atoms with Gasteiger partial charge in [-0.25, -0.2) is 4.79 Å². The standard InChI is InChI=1S/C19H23N3O3/c1-25-9-8-22-7-6-14(13-22)10-15-11-21-18(12-20-15)16-4-2-3-5-17(16)19(23)24/h2-5,11-12,14H,6-10,13H2,1H3,(H,23,24)/t14-/m1/s1. The number of methoxy groups -OCH3 is 1. The molecule has 0 aliphatic carbocycles. The third-order valence-electron chi connectivity index (χ3n) is 4.62. The molecule has 0 radical (unpaired) electrons. The van der Waals surface area contributed by atoms with Gasteiger partial charge in [-0.05, 0) is 31.4 Å². The summed E-state index contributed by atoms with van der Waals surface area (Å²) in [6.45, 7) is 3.91. The SMILES string of the molecule is COCCN1CC[C@H](Cc2cnc(-c3ccccc3C(=O)O)cn2)C1. The van der Waals surface area contributed by atoms with Crippen molar-refractivity contribution in [2.24, 2.45) is 5.92 Å². The summed E-state index contributed by atoms with van der Waals surface area (Å²) >= 11 is 0. The van der Waals surface area contributed by atoms with Crippen molar-refractivity contribution in [1.82, 2.24) is 14.9 Å². The fourth-order valence-corrected chi connectivity index (χ4v) is 3.29. The summed E-state index contributed by atoms with van der Waals surface area (Å²) in [5.41, 5.74) is 2.39. The molecule has 132 valence electrons. The summed E-state index contributed by atoms with van der Waals surface area (Å²) in [5, 5.41) is 9.30. The first-order valence-corrected chi connectivity index (χ1v) is 8.52. The summed E-state index contributed by atoms with van der Waals surface area (Å²) in [5.74, 6) is -0.369. The Bertz CT molecular complexity index is 718. The topological polar surface area (TPSA) is 75.5 Å². The lowest BCUT2D eigenvalue weighted by molar-refractivity contribution is 0.0697. The molecule has 1 N–H and O–H groups in total. The molecule has 1 aromatic heterocycles. The fraction of sp³-hybridized carbons (Fsp3) is 0.421. The van der Waals surface area contributed by atoms with Crippen molar-refractivity contribution in [2.75, 3.05) is 33.4 Å². The Morgan fingerprint density at radius 2 is 2.16 bits per heavy atom. The lowest BCUT2D eigenvalue weighted by Gasteiger charge is -2.15. The average molecular weight is 341 g/mol. The molecule has 0 saturated carbocycles. The monoisotopic (exact) mass is 341 g/mol. The fourth-order valence-electron chi connectivity index (χ4n) is 3.29. The second-order valence-corrected chi connectivity index (χ2v) is 6.40. The molecule has 25 heavy (non-hydrogen) atoms. The molecule has 1 fully saturated rings.